The van der Waals surface area contributed by atoms with E-state index in [1.807, 2.05) is 30.3 Å². The molecule has 1 fully saturated rings. The highest BCUT2D eigenvalue weighted by Gasteiger charge is 2.40. The minimum atomic E-state index is -0.656. The number of benzene rings is 2. The number of hydrogen-bond acceptors (Lipinski definition) is 6. The van der Waals surface area contributed by atoms with Crippen molar-refractivity contribution in [1.29, 1.82) is 0 Å². The third-order valence-electron chi connectivity index (χ3n) is 5.48. The molecule has 3 heterocycles. The minimum Gasteiger partial charge on any atom is -0.487 e. The zero-order valence-corrected chi connectivity index (χ0v) is 16.5. The molecule has 1 unspecified atom stereocenters. The lowest BCUT2D eigenvalue weighted by atomic mass is 10.0. The summed E-state index contributed by atoms with van der Waals surface area (Å²) in [5, 5.41) is 10.6. The first-order chi connectivity index (χ1) is 15.1. The summed E-state index contributed by atoms with van der Waals surface area (Å²) in [7, 11) is 0. The van der Waals surface area contributed by atoms with Crippen LogP contribution in [0.5, 0.6) is 5.75 Å². The Hall–Kier alpha value is -4.01. The molecule has 156 valence electrons. The number of piperidine rings is 1. The zero-order valence-electron chi connectivity index (χ0n) is 16.5. The Kier molecular flexibility index (Phi) is 4.70. The predicted molar refractivity (Wildman–Crippen MR) is 108 cm³/mol. The van der Waals surface area contributed by atoms with E-state index in [4.69, 9.17) is 4.74 Å². The van der Waals surface area contributed by atoms with Gasteiger partial charge in [-0.3, -0.25) is 19.7 Å². The maximum atomic E-state index is 12.9. The van der Waals surface area contributed by atoms with Crippen molar-refractivity contribution in [1.82, 2.24) is 25.2 Å². The van der Waals surface area contributed by atoms with Gasteiger partial charge in [0, 0.05) is 17.5 Å². The van der Waals surface area contributed by atoms with Crippen molar-refractivity contribution in [2.75, 3.05) is 0 Å². The molecule has 0 aliphatic carbocycles. The number of nitrogens with one attached hydrogen (secondary N) is 1. The molecule has 2 aliphatic rings. The molecular formula is C22H19N5O4. The highest BCUT2D eigenvalue weighted by Crippen LogP contribution is 2.33. The van der Waals surface area contributed by atoms with Crippen molar-refractivity contribution in [3.8, 4) is 11.4 Å². The van der Waals surface area contributed by atoms with Gasteiger partial charge in [-0.15, -0.1) is 5.10 Å². The van der Waals surface area contributed by atoms with Gasteiger partial charge in [0.15, 0.2) is 0 Å². The van der Waals surface area contributed by atoms with Gasteiger partial charge in [-0.05, 0) is 30.7 Å². The van der Waals surface area contributed by atoms with Crippen LogP contribution in [0.15, 0.2) is 54.7 Å². The Morgan fingerprint density at radius 1 is 1.06 bits per heavy atom. The third kappa shape index (κ3) is 3.54. The van der Waals surface area contributed by atoms with E-state index in [1.165, 1.54) is 4.90 Å². The van der Waals surface area contributed by atoms with Crippen molar-refractivity contribution in [2.24, 2.45) is 0 Å². The summed E-state index contributed by atoms with van der Waals surface area (Å²) in [5.74, 6) is -0.407. The van der Waals surface area contributed by atoms with E-state index in [-0.39, 0.29) is 31.4 Å². The average Bonchev–Trinajstić information content (AvgIpc) is 3.38. The Bertz CT molecular complexity index is 1170. The molecule has 3 amide bonds. The van der Waals surface area contributed by atoms with E-state index < -0.39 is 11.9 Å². The van der Waals surface area contributed by atoms with Crippen LogP contribution >= 0.6 is 0 Å². The number of ether oxygens (including phenoxy) is 1. The summed E-state index contributed by atoms with van der Waals surface area (Å²) < 4.78 is 7.63. The first kappa shape index (κ1) is 19.0. The lowest BCUT2D eigenvalue weighted by Crippen LogP contribution is -2.52. The summed E-state index contributed by atoms with van der Waals surface area (Å²) in [4.78, 5) is 38.1. The van der Waals surface area contributed by atoms with Crippen LogP contribution in [0, 0.1) is 0 Å². The second-order valence-corrected chi connectivity index (χ2v) is 7.46. The second kappa shape index (κ2) is 7.67. The van der Waals surface area contributed by atoms with E-state index in [0.717, 1.165) is 11.3 Å². The first-order valence-electron chi connectivity index (χ1n) is 9.96. The van der Waals surface area contributed by atoms with Gasteiger partial charge in [0.25, 0.3) is 5.91 Å². The topological polar surface area (TPSA) is 106 Å². The SMILES string of the molecule is O=C1CCC(N2Cc3c(OCc4cn(-c5ccccc5)nn4)cccc3C2=O)C(=O)N1. The van der Waals surface area contributed by atoms with Crippen LogP contribution in [0.2, 0.25) is 0 Å². The standard InChI is InChI=1S/C22H19N5O4/c28-20-10-9-18(21(29)23-20)26-12-17-16(22(26)30)7-4-8-19(17)31-13-14-11-27(25-24-14)15-5-2-1-3-6-15/h1-8,11,18H,9-10,12-13H2,(H,23,28,29). The van der Waals surface area contributed by atoms with Gasteiger partial charge in [-0.25, -0.2) is 4.68 Å². The first-order valence-corrected chi connectivity index (χ1v) is 9.96. The summed E-state index contributed by atoms with van der Waals surface area (Å²) in [6.45, 7) is 0.448. The number of amides is 3. The molecule has 0 bridgehead atoms. The molecule has 1 saturated heterocycles. The Morgan fingerprint density at radius 2 is 1.90 bits per heavy atom. The van der Waals surface area contributed by atoms with Crippen molar-refractivity contribution in [3.05, 3.63) is 71.5 Å². The van der Waals surface area contributed by atoms with Crippen molar-refractivity contribution in [2.45, 2.75) is 32.0 Å². The van der Waals surface area contributed by atoms with Gasteiger partial charge in [0.1, 0.15) is 24.1 Å². The largest absolute Gasteiger partial charge is 0.487 e. The summed E-state index contributed by atoms with van der Waals surface area (Å²) in [6.07, 6.45) is 2.33. The van der Waals surface area contributed by atoms with E-state index in [1.54, 1.807) is 29.1 Å². The van der Waals surface area contributed by atoms with Crippen molar-refractivity contribution < 1.29 is 19.1 Å². The predicted octanol–water partition coefficient (Wildman–Crippen LogP) is 1.61. The summed E-state index contributed by atoms with van der Waals surface area (Å²) in [5.41, 5.74) is 2.78. The minimum absolute atomic E-state index is 0.190. The molecule has 5 rings (SSSR count). The van der Waals surface area contributed by atoms with Gasteiger partial charge < -0.3 is 9.64 Å². The lowest BCUT2D eigenvalue weighted by molar-refractivity contribution is -0.136. The quantitative estimate of drug-likeness (QED) is 0.632. The Morgan fingerprint density at radius 3 is 2.71 bits per heavy atom. The molecule has 31 heavy (non-hydrogen) atoms. The fourth-order valence-electron chi connectivity index (χ4n) is 3.92. The maximum Gasteiger partial charge on any atom is 0.255 e. The smallest absolute Gasteiger partial charge is 0.255 e. The summed E-state index contributed by atoms with van der Waals surface area (Å²) in [6, 6.07) is 14.2. The van der Waals surface area contributed by atoms with Crippen LogP contribution in [0.1, 0.15) is 34.5 Å². The third-order valence-corrected chi connectivity index (χ3v) is 5.48. The van der Waals surface area contributed by atoms with Crippen LogP contribution in [0.4, 0.5) is 0 Å². The maximum absolute atomic E-state index is 12.9. The van der Waals surface area contributed by atoms with Gasteiger partial charge >= 0.3 is 0 Å². The highest BCUT2D eigenvalue weighted by molar-refractivity contribution is 6.05. The van der Waals surface area contributed by atoms with Crippen molar-refractivity contribution in [3.63, 3.8) is 0 Å². The fraction of sp³-hybridized carbons (Fsp3) is 0.227. The second-order valence-electron chi connectivity index (χ2n) is 7.46. The number of carbonyl (C=O) groups is 3. The number of carbonyl (C=O) groups excluding carboxylic acids is 3. The molecule has 1 aromatic heterocycles. The molecule has 3 aromatic rings. The molecule has 9 heteroatoms. The lowest BCUT2D eigenvalue weighted by Gasteiger charge is -2.29. The number of aromatic nitrogens is 3. The molecule has 0 radical (unpaired) electrons. The Labute approximate surface area is 177 Å². The van der Waals surface area contributed by atoms with Gasteiger partial charge in [0.05, 0.1) is 18.4 Å². The van der Waals surface area contributed by atoms with Crippen LogP contribution in [-0.2, 0) is 22.7 Å². The van der Waals surface area contributed by atoms with Crippen molar-refractivity contribution >= 4 is 17.7 Å². The van der Waals surface area contributed by atoms with E-state index in [2.05, 4.69) is 15.6 Å². The van der Waals surface area contributed by atoms with E-state index in [9.17, 15) is 14.4 Å². The molecule has 1 N–H and O–H groups in total. The van der Waals surface area contributed by atoms with E-state index >= 15 is 0 Å². The van der Waals surface area contributed by atoms with Crippen LogP contribution in [-0.4, -0.2) is 43.7 Å². The molecule has 2 aromatic carbocycles. The number of para-hydroxylation sites is 1. The van der Waals surface area contributed by atoms with Crippen LogP contribution in [0.25, 0.3) is 5.69 Å². The molecule has 0 spiro atoms. The van der Waals surface area contributed by atoms with Gasteiger partial charge in [0.2, 0.25) is 11.8 Å². The normalized spacial score (nSPS) is 18.1. The molecular weight excluding hydrogens is 398 g/mol. The zero-order chi connectivity index (χ0) is 21.4. The molecule has 9 nitrogen and oxygen atoms in total. The number of nitrogens with zero attached hydrogens (tertiary/aromatic N) is 4. The van der Waals surface area contributed by atoms with Gasteiger partial charge in [-0.2, -0.15) is 0 Å². The molecule has 0 saturated carbocycles. The summed E-state index contributed by atoms with van der Waals surface area (Å²) >= 11 is 0. The fourth-order valence-corrected chi connectivity index (χ4v) is 3.92. The van der Waals surface area contributed by atoms with Crippen LogP contribution < -0.4 is 10.1 Å². The van der Waals surface area contributed by atoms with E-state index in [0.29, 0.717) is 23.4 Å². The monoisotopic (exact) mass is 417 g/mol. The Balaban J connectivity index is 1.31. The number of fused-ring (bicyclic) bond motifs is 1. The van der Waals surface area contributed by atoms with Gasteiger partial charge in [-0.1, -0.05) is 29.5 Å². The average molecular weight is 417 g/mol. The van der Waals surface area contributed by atoms with Crippen LogP contribution in [0.3, 0.4) is 0 Å². The molecule has 1 atom stereocenters. The number of hydrogen-bond donors (Lipinski definition) is 1. The molecule has 2 aliphatic heterocycles. The highest BCUT2D eigenvalue weighted by atomic mass is 16.5. The number of rotatable bonds is 5. The number of imide groups is 1.